The molecule has 0 bridgehead atoms. The van der Waals surface area contributed by atoms with E-state index in [0.29, 0.717) is 22.6 Å². The van der Waals surface area contributed by atoms with Crippen molar-refractivity contribution in [2.75, 3.05) is 0 Å². The third-order valence-electron chi connectivity index (χ3n) is 3.97. The Balaban J connectivity index is 1.62. The Morgan fingerprint density at radius 3 is 2.44 bits per heavy atom. The molecule has 1 amide bonds. The lowest BCUT2D eigenvalue weighted by Crippen LogP contribution is -2.17. The number of nitrogens with zero attached hydrogens (tertiary/aromatic N) is 2. The summed E-state index contributed by atoms with van der Waals surface area (Å²) in [5.41, 5.74) is 4.85. The molecule has 1 N–H and O–H groups in total. The molecule has 0 aliphatic heterocycles. The van der Waals surface area contributed by atoms with E-state index in [9.17, 15) is 14.9 Å². The largest absolute Gasteiger partial charge is 0.455 e. The van der Waals surface area contributed by atoms with Gasteiger partial charge in [0.05, 0.1) is 11.1 Å². The molecule has 1 aromatic heterocycles. The molecule has 27 heavy (non-hydrogen) atoms. The number of furan rings is 1. The van der Waals surface area contributed by atoms with Gasteiger partial charge in [-0.25, -0.2) is 5.43 Å². The second kappa shape index (κ2) is 8.09. The van der Waals surface area contributed by atoms with Crippen LogP contribution < -0.4 is 5.43 Å². The predicted octanol–water partition coefficient (Wildman–Crippen LogP) is 4.18. The number of nitro benzene ring substituents is 1. The second-order valence-corrected chi connectivity index (χ2v) is 5.76. The number of hydrogen-bond acceptors (Lipinski definition) is 5. The van der Waals surface area contributed by atoms with E-state index in [-0.39, 0.29) is 11.6 Å². The number of rotatable bonds is 6. The summed E-state index contributed by atoms with van der Waals surface area (Å²) in [5.74, 6) is 0.689. The molecule has 0 saturated carbocycles. The van der Waals surface area contributed by atoms with Gasteiger partial charge in [-0.2, -0.15) is 5.10 Å². The van der Waals surface area contributed by atoms with Crippen LogP contribution >= 0.6 is 0 Å². The molecule has 0 unspecified atom stereocenters. The van der Waals surface area contributed by atoms with Gasteiger partial charge < -0.3 is 4.42 Å². The molecule has 0 spiro atoms. The number of benzene rings is 2. The summed E-state index contributed by atoms with van der Waals surface area (Å²) in [6, 6.07) is 16.8. The second-order valence-electron chi connectivity index (χ2n) is 5.76. The van der Waals surface area contributed by atoms with Crippen molar-refractivity contribution in [3.63, 3.8) is 0 Å². The van der Waals surface area contributed by atoms with Crippen molar-refractivity contribution in [1.82, 2.24) is 5.43 Å². The van der Waals surface area contributed by atoms with Gasteiger partial charge >= 0.3 is 0 Å². The Kier molecular flexibility index (Phi) is 5.41. The van der Waals surface area contributed by atoms with E-state index in [1.807, 2.05) is 19.1 Å². The molecule has 0 atom stereocenters. The van der Waals surface area contributed by atoms with Crippen molar-refractivity contribution < 1.29 is 14.1 Å². The molecular weight excluding hydrogens is 346 g/mol. The molecule has 7 heteroatoms. The molecule has 3 aromatic rings. The molecule has 3 rings (SSSR count). The fourth-order valence-electron chi connectivity index (χ4n) is 2.44. The van der Waals surface area contributed by atoms with Crippen LogP contribution in [0.5, 0.6) is 0 Å². The van der Waals surface area contributed by atoms with Gasteiger partial charge in [0.15, 0.2) is 0 Å². The summed E-state index contributed by atoms with van der Waals surface area (Å²) >= 11 is 0. The van der Waals surface area contributed by atoms with Crippen LogP contribution in [0.2, 0.25) is 0 Å². The average molecular weight is 363 g/mol. The fourth-order valence-corrected chi connectivity index (χ4v) is 2.44. The number of non-ortho nitro benzene ring substituents is 1. The summed E-state index contributed by atoms with van der Waals surface area (Å²) in [5, 5.41) is 14.6. The molecule has 0 aliphatic rings. The maximum absolute atomic E-state index is 12.0. The minimum absolute atomic E-state index is 0.0155. The normalized spacial score (nSPS) is 10.9. The van der Waals surface area contributed by atoms with E-state index in [1.54, 1.807) is 36.4 Å². The first-order valence-electron chi connectivity index (χ1n) is 8.34. The number of carbonyl (C=O) groups excluding carboxylic acids is 1. The average Bonchev–Trinajstić information content (AvgIpc) is 3.17. The predicted molar refractivity (Wildman–Crippen MR) is 102 cm³/mol. The molecule has 2 aromatic carbocycles. The first kappa shape index (κ1) is 18.1. The van der Waals surface area contributed by atoms with Gasteiger partial charge in [0.2, 0.25) is 0 Å². The zero-order chi connectivity index (χ0) is 19.2. The van der Waals surface area contributed by atoms with Crippen LogP contribution in [0, 0.1) is 10.1 Å². The van der Waals surface area contributed by atoms with Gasteiger partial charge in [0.1, 0.15) is 11.5 Å². The summed E-state index contributed by atoms with van der Waals surface area (Å²) in [7, 11) is 0. The topological polar surface area (TPSA) is 97.7 Å². The van der Waals surface area contributed by atoms with Gasteiger partial charge in [-0.3, -0.25) is 14.9 Å². The molecule has 1 heterocycles. The molecular formula is C20H17N3O4. The minimum Gasteiger partial charge on any atom is -0.455 e. The van der Waals surface area contributed by atoms with Crippen LogP contribution in [-0.4, -0.2) is 17.0 Å². The summed E-state index contributed by atoms with van der Waals surface area (Å²) in [6.45, 7) is 2.05. The van der Waals surface area contributed by atoms with Crippen LogP contribution in [0.15, 0.2) is 70.2 Å². The quantitative estimate of drug-likeness (QED) is 0.403. The van der Waals surface area contributed by atoms with E-state index >= 15 is 0 Å². The Morgan fingerprint density at radius 2 is 1.81 bits per heavy atom. The third-order valence-corrected chi connectivity index (χ3v) is 3.97. The van der Waals surface area contributed by atoms with E-state index < -0.39 is 4.92 Å². The zero-order valence-corrected chi connectivity index (χ0v) is 14.6. The van der Waals surface area contributed by atoms with Crippen molar-refractivity contribution in [3.8, 4) is 11.3 Å². The van der Waals surface area contributed by atoms with Crippen molar-refractivity contribution in [3.05, 3.63) is 87.7 Å². The highest BCUT2D eigenvalue weighted by atomic mass is 16.6. The maximum atomic E-state index is 12.0. The highest BCUT2D eigenvalue weighted by Crippen LogP contribution is 2.23. The first-order valence-corrected chi connectivity index (χ1v) is 8.34. The van der Waals surface area contributed by atoms with Crippen molar-refractivity contribution in [2.45, 2.75) is 13.3 Å². The van der Waals surface area contributed by atoms with Crippen molar-refractivity contribution >= 4 is 17.8 Å². The number of carbonyl (C=O) groups is 1. The molecule has 136 valence electrons. The lowest BCUT2D eigenvalue weighted by Gasteiger charge is -2.01. The van der Waals surface area contributed by atoms with Crippen LogP contribution in [0.3, 0.4) is 0 Å². The SMILES string of the molecule is CCc1ccc(C(=O)N/N=C\c2ccc(-c3ccc([N+](=O)[O-])cc3)o2)cc1. The van der Waals surface area contributed by atoms with Gasteiger partial charge in [0, 0.05) is 23.3 Å². The number of nitrogens with one attached hydrogen (secondary N) is 1. The molecule has 0 radical (unpaired) electrons. The smallest absolute Gasteiger partial charge is 0.271 e. The van der Waals surface area contributed by atoms with Gasteiger partial charge in [-0.05, 0) is 48.4 Å². The van der Waals surface area contributed by atoms with Crippen molar-refractivity contribution in [1.29, 1.82) is 0 Å². The van der Waals surface area contributed by atoms with E-state index in [2.05, 4.69) is 10.5 Å². The van der Waals surface area contributed by atoms with Gasteiger partial charge in [-0.15, -0.1) is 0 Å². The maximum Gasteiger partial charge on any atom is 0.271 e. The lowest BCUT2D eigenvalue weighted by molar-refractivity contribution is -0.384. The lowest BCUT2D eigenvalue weighted by atomic mass is 10.1. The van der Waals surface area contributed by atoms with Crippen LogP contribution in [0.25, 0.3) is 11.3 Å². The summed E-state index contributed by atoms with van der Waals surface area (Å²) in [6.07, 6.45) is 2.31. The number of aryl methyl sites for hydroxylation is 1. The van der Waals surface area contributed by atoms with E-state index in [0.717, 1.165) is 12.0 Å². The Labute approximate surface area is 155 Å². The minimum atomic E-state index is -0.456. The zero-order valence-electron chi connectivity index (χ0n) is 14.6. The monoisotopic (exact) mass is 363 g/mol. The third kappa shape index (κ3) is 4.46. The van der Waals surface area contributed by atoms with Crippen LogP contribution in [-0.2, 0) is 6.42 Å². The van der Waals surface area contributed by atoms with Gasteiger partial charge in [-0.1, -0.05) is 19.1 Å². The van der Waals surface area contributed by atoms with Crippen LogP contribution in [0.1, 0.15) is 28.6 Å². The highest BCUT2D eigenvalue weighted by molar-refractivity contribution is 5.94. The van der Waals surface area contributed by atoms with Gasteiger partial charge in [0.25, 0.3) is 11.6 Å². The van der Waals surface area contributed by atoms with E-state index in [4.69, 9.17) is 4.42 Å². The molecule has 7 nitrogen and oxygen atoms in total. The molecule has 0 saturated heterocycles. The number of hydrogen-bond donors (Lipinski definition) is 1. The first-order chi connectivity index (χ1) is 13.1. The summed E-state index contributed by atoms with van der Waals surface area (Å²) in [4.78, 5) is 22.3. The molecule has 0 fully saturated rings. The fraction of sp³-hybridized carbons (Fsp3) is 0.100. The van der Waals surface area contributed by atoms with Crippen LogP contribution in [0.4, 0.5) is 5.69 Å². The Hall–Kier alpha value is -3.74. The number of amides is 1. The Bertz CT molecular complexity index is 973. The molecule has 0 aliphatic carbocycles. The Morgan fingerprint density at radius 1 is 1.11 bits per heavy atom. The van der Waals surface area contributed by atoms with E-state index in [1.165, 1.54) is 18.3 Å². The standard InChI is InChI=1S/C20H17N3O4/c1-2-14-3-5-16(6-4-14)20(24)22-21-13-18-11-12-19(27-18)15-7-9-17(10-8-15)23(25)26/h3-13H,2H2,1H3,(H,22,24)/b21-13-. The number of hydrazone groups is 1. The van der Waals surface area contributed by atoms with Crippen molar-refractivity contribution in [2.24, 2.45) is 5.10 Å². The highest BCUT2D eigenvalue weighted by Gasteiger charge is 2.08. The summed E-state index contributed by atoms with van der Waals surface area (Å²) < 4.78 is 5.62. The number of nitro groups is 1.